The molecule has 0 bridgehead atoms. The van der Waals surface area contributed by atoms with Crippen LogP contribution in [0.5, 0.6) is 0 Å². The lowest BCUT2D eigenvalue weighted by Gasteiger charge is -2.35. The third kappa shape index (κ3) is 4.81. The van der Waals surface area contributed by atoms with Crippen LogP contribution in [0.25, 0.3) is 0 Å². The molecule has 2 rings (SSSR count). The van der Waals surface area contributed by atoms with Crippen molar-refractivity contribution in [3.8, 4) is 0 Å². The van der Waals surface area contributed by atoms with Crippen molar-refractivity contribution in [2.24, 2.45) is 5.92 Å². The molecule has 1 N–H and O–H groups in total. The van der Waals surface area contributed by atoms with Crippen LogP contribution in [-0.4, -0.2) is 42.5 Å². The molecule has 0 unspecified atom stereocenters. The zero-order valence-electron chi connectivity index (χ0n) is 14.8. The van der Waals surface area contributed by atoms with Crippen LogP contribution in [0.15, 0.2) is 30.3 Å². The number of amides is 1. The van der Waals surface area contributed by atoms with Crippen molar-refractivity contribution in [3.63, 3.8) is 0 Å². The summed E-state index contributed by atoms with van der Waals surface area (Å²) in [4.78, 5) is 26.6. The van der Waals surface area contributed by atoms with Gasteiger partial charge in [-0.05, 0) is 45.7 Å². The Hall–Kier alpha value is -1.88. The zero-order chi connectivity index (χ0) is 17.5. The highest BCUT2D eigenvalue weighted by molar-refractivity contribution is 5.82. The first-order valence-electron chi connectivity index (χ1n) is 8.79. The lowest BCUT2D eigenvalue weighted by Crippen LogP contribution is -2.50. The van der Waals surface area contributed by atoms with E-state index in [0.717, 1.165) is 24.9 Å². The summed E-state index contributed by atoms with van der Waals surface area (Å²) in [6, 6.07) is 9.62. The summed E-state index contributed by atoms with van der Waals surface area (Å²) in [5, 5.41) is 3.07. The fraction of sp³-hybridized carbons (Fsp3) is 0.579. The Bertz CT molecular complexity index is 547. The van der Waals surface area contributed by atoms with Gasteiger partial charge in [0, 0.05) is 6.54 Å². The van der Waals surface area contributed by atoms with E-state index in [9.17, 15) is 9.59 Å². The molecule has 132 valence electrons. The number of benzene rings is 1. The predicted molar refractivity (Wildman–Crippen MR) is 93.4 cm³/mol. The van der Waals surface area contributed by atoms with Gasteiger partial charge in [-0.15, -0.1) is 0 Å². The molecule has 0 spiro atoms. The van der Waals surface area contributed by atoms with Crippen LogP contribution in [0.1, 0.15) is 45.2 Å². The second-order valence-electron chi connectivity index (χ2n) is 6.40. The Balaban J connectivity index is 1.91. The molecule has 0 aliphatic carbocycles. The maximum absolute atomic E-state index is 12.6. The number of nitrogens with one attached hydrogen (secondary N) is 1. The molecular formula is C19H28N2O3. The summed E-state index contributed by atoms with van der Waals surface area (Å²) in [6.45, 7) is 7.54. The van der Waals surface area contributed by atoms with Gasteiger partial charge in [0.2, 0.25) is 5.91 Å². The third-order valence-electron chi connectivity index (χ3n) is 4.66. The Morgan fingerprint density at radius 1 is 1.29 bits per heavy atom. The zero-order valence-corrected chi connectivity index (χ0v) is 14.8. The molecular weight excluding hydrogens is 304 g/mol. The predicted octanol–water partition coefficient (Wildman–Crippen LogP) is 2.53. The number of nitrogens with zero attached hydrogens (tertiary/aromatic N) is 1. The number of carbonyl (C=O) groups excluding carboxylic acids is 2. The molecule has 1 aliphatic rings. The van der Waals surface area contributed by atoms with Crippen molar-refractivity contribution in [1.29, 1.82) is 0 Å². The van der Waals surface area contributed by atoms with Crippen LogP contribution in [0.3, 0.4) is 0 Å². The van der Waals surface area contributed by atoms with E-state index < -0.39 is 0 Å². The molecule has 0 aromatic heterocycles. The lowest BCUT2D eigenvalue weighted by atomic mass is 9.96. The highest BCUT2D eigenvalue weighted by atomic mass is 16.5. The Morgan fingerprint density at radius 2 is 2.00 bits per heavy atom. The standard InChI is InChI=1S/C19H28N2O3/c1-4-24-19(23)17-11-8-12-21(13-17)15(3)18(22)20-14(2)16-9-6-5-7-10-16/h5-7,9-10,14-15,17H,4,8,11-13H2,1-3H3,(H,20,22)/t14-,15-,17-/m1/s1. The highest BCUT2D eigenvalue weighted by Gasteiger charge is 2.31. The van der Waals surface area contributed by atoms with Crippen molar-refractivity contribution >= 4 is 11.9 Å². The van der Waals surface area contributed by atoms with Gasteiger partial charge in [0.15, 0.2) is 0 Å². The Labute approximate surface area is 144 Å². The van der Waals surface area contributed by atoms with Gasteiger partial charge in [0.1, 0.15) is 0 Å². The van der Waals surface area contributed by atoms with Crippen molar-refractivity contribution in [2.45, 2.75) is 45.7 Å². The highest BCUT2D eigenvalue weighted by Crippen LogP contribution is 2.20. The van der Waals surface area contributed by atoms with Crippen LogP contribution in [0.2, 0.25) is 0 Å². The van der Waals surface area contributed by atoms with E-state index in [2.05, 4.69) is 10.2 Å². The van der Waals surface area contributed by atoms with Crippen molar-refractivity contribution in [1.82, 2.24) is 10.2 Å². The van der Waals surface area contributed by atoms with E-state index in [4.69, 9.17) is 4.74 Å². The van der Waals surface area contributed by atoms with E-state index in [1.54, 1.807) is 0 Å². The van der Waals surface area contributed by atoms with Gasteiger partial charge in [-0.2, -0.15) is 0 Å². The quantitative estimate of drug-likeness (QED) is 0.813. The number of ether oxygens (including phenoxy) is 1. The number of hydrogen-bond acceptors (Lipinski definition) is 4. The number of hydrogen-bond donors (Lipinski definition) is 1. The molecule has 1 aromatic rings. The minimum absolute atomic E-state index is 0.00383. The average Bonchev–Trinajstić information content (AvgIpc) is 2.62. The van der Waals surface area contributed by atoms with Gasteiger partial charge < -0.3 is 10.1 Å². The smallest absolute Gasteiger partial charge is 0.310 e. The first kappa shape index (κ1) is 18.5. The minimum atomic E-state index is -0.256. The van der Waals surface area contributed by atoms with E-state index in [-0.39, 0.29) is 29.9 Å². The SMILES string of the molecule is CCOC(=O)[C@@H]1CCCN([C@H](C)C(=O)N[C@H](C)c2ccccc2)C1. The van der Waals surface area contributed by atoms with Gasteiger partial charge in [-0.1, -0.05) is 30.3 Å². The number of likely N-dealkylation sites (tertiary alicyclic amines) is 1. The number of piperidine rings is 1. The maximum Gasteiger partial charge on any atom is 0.310 e. The molecule has 1 amide bonds. The van der Waals surface area contributed by atoms with Crippen molar-refractivity contribution < 1.29 is 14.3 Å². The first-order valence-corrected chi connectivity index (χ1v) is 8.79. The van der Waals surface area contributed by atoms with Crippen LogP contribution >= 0.6 is 0 Å². The molecule has 3 atom stereocenters. The first-order chi connectivity index (χ1) is 11.5. The van der Waals surface area contributed by atoms with Crippen molar-refractivity contribution in [3.05, 3.63) is 35.9 Å². The summed E-state index contributed by atoms with van der Waals surface area (Å²) in [5.74, 6) is -0.274. The van der Waals surface area contributed by atoms with Gasteiger partial charge in [0.25, 0.3) is 0 Å². The molecule has 0 radical (unpaired) electrons. The number of rotatable bonds is 6. The summed E-state index contributed by atoms with van der Waals surface area (Å²) >= 11 is 0. The van der Waals surface area contributed by atoms with Crippen molar-refractivity contribution in [2.75, 3.05) is 19.7 Å². The number of esters is 1. The normalized spacial score (nSPS) is 20.9. The number of carbonyl (C=O) groups is 2. The largest absolute Gasteiger partial charge is 0.466 e. The second kappa shape index (κ2) is 8.83. The van der Waals surface area contributed by atoms with Crippen LogP contribution < -0.4 is 5.32 Å². The molecule has 1 fully saturated rings. The van der Waals surface area contributed by atoms with Gasteiger partial charge in [-0.25, -0.2) is 0 Å². The van der Waals surface area contributed by atoms with E-state index in [1.807, 2.05) is 51.1 Å². The average molecular weight is 332 g/mol. The maximum atomic E-state index is 12.6. The van der Waals surface area contributed by atoms with Gasteiger partial charge in [0.05, 0.1) is 24.6 Å². The summed E-state index contributed by atoms with van der Waals surface area (Å²) in [7, 11) is 0. The Kier molecular flexibility index (Phi) is 6.79. The van der Waals surface area contributed by atoms with Gasteiger partial charge >= 0.3 is 5.97 Å². The molecule has 1 heterocycles. The lowest BCUT2D eigenvalue weighted by molar-refractivity contribution is -0.151. The molecule has 24 heavy (non-hydrogen) atoms. The monoisotopic (exact) mass is 332 g/mol. The summed E-state index contributed by atoms with van der Waals surface area (Å²) in [5.41, 5.74) is 1.08. The molecule has 5 nitrogen and oxygen atoms in total. The fourth-order valence-electron chi connectivity index (χ4n) is 3.14. The summed E-state index contributed by atoms with van der Waals surface area (Å²) in [6.07, 6.45) is 1.75. The molecule has 1 saturated heterocycles. The van der Waals surface area contributed by atoms with Crippen LogP contribution in [0, 0.1) is 5.92 Å². The fourth-order valence-corrected chi connectivity index (χ4v) is 3.14. The van der Waals surface area contributed by atoms with E-state index >= 15 is 0 Å². The minimum Gasteiger partial charge on any atom is -0.466 e. The molecule has 0 saturated carbocycles. The summed E-state index contributed by atoms with van der Waals surface area (Å²) < 4.78 is 5.13. The molecule has 5 heteroatoms. The van der Waals surface area contributed by atoms with Gasteiger partial charge in [-0.3, -0.25) is 14.5 Å². The van der Waals surface area contributed by atoms with E-state index in [1.165, 1.54) is 0 Å². The second-order valence-corrected chi connectivity index (χ2v) is 6.40. The van der Waals surface area contributed by atoms with Crippen LogP contribution in [0.4, 0.5) is 0 Å². The third-order valence-corrected chi connectivity index (χ3v) is 4.66. The molecule has 1 aliphatic heterocycles. The Morgan fingerprint density at radius 3 is 2.67 bits per heavy atom. The molecule has 1 aromatic carbocycles. The van der Waals surface area contributed by atoms with Crippen LogP contribution in [-0.2, 0) is 14.3 Å². The topological polar surface area (TPSA) is 58.6 Å². The van der Waals surface area contributed by atoms with E-state index in [0.29, 0.717) is 13.2 Å².